The van der Waals surface area contributed by atoms with Crippen LogP contribution in [0.4, 0.5) is 8.78 Å². The summed E-state index contributed by atoms with van der Waals surface area (Å²) < 4.78 is 56.9. The molecular weight excluding hydrogens is 198 g/mol. The maximum atomic E-state index is 13.2. The molecule has 0 bridgehead atoms. The number of rotatable bonds is 1. The molecule has 0 N–H and O–H groups in total. The van der Waals surface area contributed by atoms with Crippen molar-refractivity contribution in [3.8, 4) is 0 Å². The van der Waals surface area contributed by atoms with Gasteiger partial charge in [-0.05, 0) is 36.4 Å². The van der Waals surface area contributed by atoms with E-state index in [-0.39, 0.29) is 18.4 Å². The van der Waals surface area contributed by atoms with Crippen LogP contribution in [0, 0.1) is 11.6 Å². The van der Waals surface area contributed by atoms with Crippen LogP contribution in [0.25, 0.3) is 0 Å². The number of Topliss-reactive ketones (excluding diaryl/α,β-unsaturated/α-hetero) is 1. The quantitative estimate of drug-likeness (QED) is 0.701. The fraction of sp³-hybridized carbons (Fsp3) is 0.417. The van der Waals surface area contributed by atoms with Crippen LogP contribution in [-0.4, -0.2) is 5.78 Å². The predicted molar refractivity (Wildman–Crippen MR) is 52.6 cm³/mol. The molecule has 0 aliphatic heterocycles. The third-order valence-corrected chi connectivity index (χ3v) is 2.39. The van der Waals surface area contributed by atoms with Gasteiger partial charge in [0.1, 0.15) is 5.78 Å². The summed E-state index contributed by atoms with van der Waals surface area (Å²) in [6.07, 6.45) is -5.11. The highest BCUT2D eigenvalue weighted by Gasteiger charge is 2.20. The molecule has 1 atom stereocenters. The van der Waals surface area contributed by atoms with E-state index in [4.69, 9.17) is 5.48 Å². The largest absolute Gasteiger partial charge is 0.300 e. The topological polar surface area (TPSA) is 17.1 Å². The smallest absolute Gasteiger partial charge is 0.159 e. The van der Waals surface area contributed by atoms with Crippen molar-refractivity contribution in [2.45, 2.75) is 31.5 Å². The van der Waals surface area contributed by atoms with Gasteiger partial charge in [-0.3, -0.25) is 4.79 Å². The summed E-state index contributed by atoms with van der Waals surface area (Å²) in [6, 6.07) is 2.98. The zero-order chi connectivity index (χ0) is 14.4. The zero-order valence-electron chi connectivity index (χ0n) is 11.9. The van der Waals surface area contributed by atoms with E-state index in [2.05, 4.69) is 0 Å². The summed E-state index contributed by atoms with van der Waals surface area (Å²) in [7, 11) is 0. The molecule has 0 heterocycles. The van der Waals surface area contributed by atoms with Gasteiger partial charge < -0.3 is 0 Å². The van der Waals surface area contributed by atoms with Crippen LogP contribution in [0.2, 0.25) is 0 Å². The van der Waals surface area contributed by atoms with Crippen molar-refractivity contribution >= 4 is 5.78 Å². The van der Waals surface area contributed by atoms with Crippen LogP contribution < -0.4 is 0 Å². The van der Waals surface area contributed by atoms with Crippen molar-refractivity contribution in [1.82, 2.24) is 0 Å². The summed E-state index contributed by atoms with van der Waals surface area (Å²) in [6.45, 7) is 0. The van der Waals surface area contributed by atoms with Crippen LogP contribution in [0.3, 0.4) is 0 Å². The fourth-order valence-corrected chi connectivity index (χ4v) is 1.56. The van der Waals surface area contributed by atoms with Crippen LogP contribution in [0.1, 0.15) is 42.6 Å². The molecule has 1 fully saturated rings. The Morgan fingerprint density at radius 2 is 2.13 bits per heavy atom. The Labute approximate surface area is 92.7 Å². The number of carbonyl (C=O) groups is 1. The van der Waals surface area contributed by atoms with E-state index in [9.17, 15) is 13.6 Å². The van der Waals surface area contributed by atoms with Crippen molar-refractivity contribution in [2.24, 2.45) is 0 Å². The molecule has 0 aromatic heterocycles. The first kappa shape index (κ1) is 6.36. The Hall–Kier alpha value is -1.25. The van der Waals surface area contributed by atoms with Crippen LogP contribution in [0.15, 0.2) is 18.2 Å². The Morgan fingerprint density at radius 3 is 2.87 bits per heavy atom. The number of ketones is 1. The highest BCUT2D eigenvalue weighted by molar-refractivity contribution is 5.79. The van der Waals surface area contributed by atoms with Gasteiger partial charge in [-0.1, -0.05) is 6.07 Å². The number of halogens is 2. The van der Waals surface area contributed by atoms with Crippen LogP contribution in [-0.2, 0) is 4.79 Å². The van der Waals surface area contributed by atoms with Gasteiger partial charge in [-0.25, -0.2) is 8.78 Å². The number of carbonyl (C=O) groups excluding carboxylic acids is 1. The highest BCUT2D eigenvalue weighted by atomic mass is 19.2. The molecule has 1 aliphatic rings. The third kappa shape index (κ3) is 2.22. The Morgan fingerprint density at radius 1 is 1.33 bits per heavy atom. The van der Waals surface area contributed by atoms with Gasteiger partial charge in [-0.15, -0.1) is 0 Å². The van der Waals surface area contributed by atoms with Gasteiger partial charge in [0.2, 0.25) is 0 Å². The van der Waals surface area contributed by atoms with Gasteiger partial charge in [-0.2, -0.15) is 0 Å². The molecule has 1 aromatic rings. The molecule has 2 rings (SSSR count). The minimum atomic E-state index is -2.62. The molecule has 80 valence electrons. The van der Waals surface area contributed by atoms with E-state index in [1.807, 2.05) is 0 Å². The number of hydrogen-bond acceptors (Lipinski definition) is 1. The Bertz CT molecular complexity index is 530. The Kier molecular flexibility index (Phi) is 1.73. The standard InChI is InChI=1S/C12H12F2O/c13-11-6-3-9(7-12(11)14)8-1-4-10(15)5-2-8/h3,6-8H,1-2,4-5H2/i1D2,4D2. The van der Waals surface area contributed by atoms with Crippen molar-refractivity contribution in [2.75, 3.05) is 0 Å². The lowest BCUT2D eigenvalue weighted by Crippen LogP contribution is -2.12. The maximum absolute atomic E-state index is 13.2. The predicted octanol–water partition coefficient (Wildman–Crippen LogP) is 3.19. The fourth-order valence-electron chi connectivity index (χ4n) is 1.56. The first-order valence-electron chi connectivity index (χ1n) is 6.66. The molecule has 0 amide bonds. The summed E-state index contributed by atoms with van der Waals surface area (Å²) in [5.74, 6) is -3.92. The van der Waals surface area contributed by atoms with E-state index in [0.717, 1.165) is 12.1 Å². The monoisotopic (exact) mass is 214 g/mol. The van der Waals surface area contributed by atoms with Crippen LogP contribution in [0.5, 0.6) is 0 Å². The molecule has 15 heavy (non-hydrogen) atoms. The van der Waals surface area contributed by atoms with Gasteiger partial charge in [0.25, 0.3) is 0 Å². The lowest BCUT2D eigenvalue weighted by atomic mass is 9.83. The van der Waals surface area contributed by atoms with Crippen molar-refractivity contribution in [1.29, 1.82) is 0 Å². The van der Waals surface area contributed by atoms with Gasteiger partial charge in [0.15, 0.2) is 11.6 Å². The van der Waals surface area contributed by atoms with Crippen molar-refractivity contribution in [3.05, 3.63) is 35.4 Å². The molecule has 1 nitrogen and oxygen atoms in total. The van der Waals surface area contributed by atoms with Crippen molar-refractivity contribution < 1.29 is 19.1 Å². The molecule has 3 heteroatoms. The normalized spacial score (nSPS) is 32.4. The van der Waals surface area contributed by atoms with Crippen molar-refractivity contribution in [3.63, 3.8) is 0 Å². The molecule has 1 unspecified atom stereocenters. The van der Waals surface area contributed by atoms with Crippen LogP contribution >= 0.6 is 0 Å². The summed E-state index contributed by atoms with van der Waals surface area (Å²) in [4.78, 5) is 11.5. The average Bonchev–Trinajstić information content (AvgIpc) is 2.31. The maximum Gasteiger partial charge on any atom is 0.159 e. The second kappa shape index (κ2) is 4.09. The zero-order valence-corrected chi connectivity index (χ0v) is 7.89. The lowest BCUT2D eigenvalue weighted by Gasteiger charge is -2.21. The SMILES string of the molecule is [2H]C1([2H])C(=O)CCC(c2ccc(F)c(F)c2)C1([2H])[2H]. The summed E-state index contributed by atoms with van der Waals surface area (Å²) in [5.41, 5.74) is 0.167. The molecular formula is C12H12F2O. The molecule has 1 saturated carbocycles. The molecule has 0 radical (unpaired) electrons. The van der Waals surface area contributed by atoms with Gasteiger partial charge in [0, 0.05) is 18.3 Å². The van der Waals surface area contributed by atoms with E-state index < -0.39 is 36.1 Å². The summed E-state index contributed by atoms with van der Waals surface area (Å²) in [5, 5.41) is 0. The summed E-state index contributed by atoms with van der Waals surface area (Å²) >= 11 is 0. The second-order valence-corrected chi connectivity index (χ2v) is 3.46. The Balaban J connectivity index is 2.45. The third-order valence-electron chi connectivity index (χ3n) is 2.39. The molecule has 0 spiro atoms. The first-order chi connectivity index (χ1) is 8.68. The minimum absolute atomic E-state index is 0.0798. The molecule has 1 aromatic carbocycles. The highest BCUT2D eigenvalue weighted by Crippen LogP contribution is 2.31. The minimum Gasteiger partial charge on any atom is -0.300 e. The van der Waals surface area contributed by atoms with E-state index in [0.29, 0.717) is 0 Å². The first-order valence-corrected chi connectivity index (χ1v) is 4.66. The van der Waals surface area contributed by atoms with Gasteiger partial charge in [0.05, 0.1) is 0 Å². The number of hydrogen-bond donors (Lipinski definition) is 0. The number of benzene rings is 1. The van der Waals surface area contributed by atoms with E-state index in [1.54, 1.807) is 0 Å². The molecule has 0 saturated heterocycles. The van der Waals surface area contributed by atoms with Gasteiger partial charge >= 0.3 is 0 Å². The van der Waals surface area contributed by atoms with E-state index in [1.165, 1.54) is 6.07 Å². The molecule has 1 aliphatic carbocycles. The van der Waals surface area contributed by atoms with E-state index >= 15 is 0 Å². The second-order valence-electron chi connectivity index (χ2n) is 3.46. The average molecular weight is 214 g/mol. The lowest BCUT2D eigenvalue weighted by molar-refractivity contribution is -0.120.